The minimum absolute atomic E-state index is 0.100. The summed E-state index contributed by atoms with van der Waals surface area (Å²) >= 11 is 3.44. The Kier molecular flexibility index (Phi) is 4.60. The lowest BCUT2D eigenvalue weighted by atomic mass is 9.84. The van der Waals surface area contributed by atoms with E-state index in [1.807, 2.05) is 24.3 Å². The first-order chi connectivity index (χ1) is 9.39. The Hall–Kier alpha value is -1.20. The summed E-state index contributed by atoms with van der Waals surface area (Å²) in [5, 5.41) is 4.06. The van der Waals surface area contributed by atoms with E-state index in [9.17, 15) is 0 Å². The van der Waals surface area contributed by atoms with Gasteiger partial charge in [0.05, 0.1) is 5.92 Å². The van der Waals surface area contributed by atoms with Crippen LogP contribution in [0, 0.1) is 5.41 Å². The summed E-state index contributed by atoms with van der Waals surface area (Å²) in [7, 11) is 0. The number of rotatable bonds is 4. The van der Waals surface area contributed by atoms with Crippen LogP contribution in [-0.2, 0) is 0 Å². The summed E-state index contributed by atoms with van der Waals surface area (Å²) < 4.78 is 6.39. The van der Waals surface area contributed by atoms with Gasteiger partial charge in [0.2, 0.25) is 11.7 Å². The van der Waals surface area contributed by atoms with E-state index in [-0.39, 0.29) is 11.3 Å². The predicted octanol–water partition coefficient (Wildman–Crippen LogP) is 3.98. The number of halogens is 1. The van der Waals surface area contributed by atoms with Crippen molar-refractivity contribution in [3.63, 3.8) is 0 Å². The minimum Gasteiger partial charge on any atom is -0.339 e. The maximum atomic E-state index is 5.85. The Labute approximate surface area is 127 Å². The average molecular weight is 338 g/mol. The third-order valence-electron chi connectivity index (χ3n) is 3.02. The van der Waals surface area contributed by atoms with E-state index < -0.39 is 0 Å². The largest absolute Gasteiger partial charge is 0.339 e. The number of nitrogens with two attached hydrogens (primary N) is 1. The van der Waals surface area contributed by atoms with Crippen molar-refractivity contribution in [1.29, 1.82) is 0 Å². The molecule has 0 aliphatic heterocycles. The van der Waals surface area contributed by atoms with Crippen molar-refractivity contribution in [2.45, 2.75) is 33.1 Å². The number of hydrogen-bond acceptors (Lipinski definition) is 4. The molecular formula is C15H20BrN3O. The van der Waals surface area contributed by atoms with Crippen LogP contribution in [0.1, 0.15) is 39.0 Å². The molecule has 0 saturated carbocycles. The standard InChI is InChI=1S/C15H20BrN3O/c1-15(2,3)8-11(9-17)14-18-13(19-20-14)10-5-4-6-12(16)7-10/h4-7,11H,8-9,17H2,1-3H3. The summed E-state index contributed by atoms with van der Waals surface area (Å²) in [5.41, 5.74) is 6.96. The van der Waals surface area contributed by atoms with Crippen molar-refractivity contribution < 1.29 is 4.52 Å². The highest BCUT2D eigenvalue weighted by Crippen LogP contribution is 2.30. The molecule has 1 aromatic carbocycles. The molecule has 4 nitrogen and oxygen atoms in total. The fourth-order valence-corrected chi connectivity index (χ4v) is 2.56. The lowest BCUT2D eigenvalue weighted by molar-refractivity contribution is 0.287. The maximum absolute atomic E-state index is 5.85. The highest BCUT2D eigenvalue weighted by Gasteiger charge is 2.24. The van der Waals surface area contributed by atoms with Crippen LogP contribution in [0.2, 0.25) is 0 Å². The number of benzene rings is 1. The first kappa shape index (κ1) is 15.2. The van der Waals surface area contributed by atoms with Crippen molar-refractivity contribution >= 4 is 15.9 Å². The van der Waals surface area contributed by atoms with E-state index in [2.05, 4.69) is 46.8 Å². The molecule has 20 heavy (non-hydrogen) atoms. The Morgan fingerprint density at radius 1 is 1.35 bits per heavy atom. The zero-order chi connectivity index (χ0) is 14.8. The van der Waals surface area contributed by atoms with Crippen molar-refractivity contribution in [3.05, 3.63) is 34.6 Å². The van der Waals surface area contributed by atoms with E-state index in [1.165, 1.54) is 0 Å². The molecule has 0 fully saturated rings. The molecule has 0 amide bonds. The summed E-state index contributed by atoms with van der Waals surface area (Å²) in [5.74, 6) is 1.33. The van der Waals surface area contributed by atoms with Crippen LogP contribution in [0.15, 0.2) is 33.3 Å². The van der Waals surface area contributed by atoms with Crippen molar-refractivity contribution in [2.24, 2.45) is 11.1 Å². The SMILES string of the molecule is CC(C)(C)CC(CN)c1nc(-c2cccc(Br)c2)no1. The van der Waals surface area contributed by atoms with Gasteiger partial charge in [-0.1, -0.05) is 54.0 Å². The van der Waals surface area contributed by atoms with Crippen LogP contribution < -0.4 is 5.73 Å². The van der Waals surface area contributed by atoms with Gasteiger partial charge in [0.25, 0.3) is 0 Å². The molecule has 0 radical (unpaired) electrons. The van der Waals surface area contributed by atoms with Crippen LogP contribution in [0.3, 0.4) is 0 Å². The highest BCUT2D eigenvalue weighted by atomic mass is 79.9. The van der Waals surface area contributed by atoms with Crippen LogP contribution in [-0.4, -0.2) is 16.7 Å². The summed E-state index contributed by atoms with van der Waals surface area (Å²) in [4.78, 5) is 4.50. The smallest absolute Gasteiger partial charge is 0.231 e. The lowest BCUT2D eigenvalue weighted by Crippen LogP contribution is -2.19. The van der Waals surface area contributed by atoms with Crippen molar-refractivity contribution in [2.75, 3.05) is 6.54 Å². The van der Waals surface area contributed by atoms with Gasteiger partial charge in [-0.3, -0.25) is 0 Å². The van der Waals surface area contributed by atoms with Crippen molar-refractivity contribution in [3.8, 4) is 11.4 Å². The van der Waals surface area contributed by atoms with Crippen LogP contribution >= 0.6 is 15.9 Å². The molecule has 1 unspecified atom stereocenters. The normalized spacial score (nSPS) is 13.4. The molecular weight excluding hydrogens is 318 g/mol. The third-order valence-corrected chi connectivity index (χ3v) is 3.51. The van der Waals surface area contributed by atoms with Gasteiger partial charge in [-0.25, -0.2) is 0 Å². The molecule has 0 aliphatic rings. The second kappa shape index (κ2) is 6.06. The Morgan fingerprint density at radius 2 is 2.10 bits per heavy atom. The fourth-order valence-electron chi connectivity index (χ4n) is 2.16. The molecule has 0 bridgehead atoms. The van der Waals surface area contributed by atoms with E-state index >= 15 is 0 Å². The Balaban J connectivity index is 2.23. The van der Waals surface area contributed by atoms with Gasteiger partial charge in [0.15, 0.2) is 0 Å². The van der Waals surface area contributed by atoms with Gasteiger partial charge >= 0.3 is 0 Å². The molecule has 5 heteroatoms. The van der Waals surface area contributed by atoms with Gasteiger partial charge in [-0.15, -0.1) is 0 Å². The third kappa shape index (κ3) is 3.90. The topological polar surface area (TPSA) is 64.9 Å². The molecule has 0 saturated heterocycles. The zero-order valence-electron chi connectivity index (χ0n) is 12.1. The van der Waals surface area contributed by atoms with Crippen molar-refractivity contribution in [1.82, 2.24) is 10.1 Å². The predicted molar refractivity (Wildman–Crippen MR) is 83.3 cm³/mol. The summed E-state index contributed by atoms with van der Waals surface area (Å²) in [6.07, 6.45) is 0.920. The van der Waals surface area contributed by atoms with E-state index in [4.69, 9.17) is 10.3 Å². The number of hydrogen-bond donors (Lipinski definition) is 1. The van der Waals surface area contributed by atoms with E-state index in [1.54, 1.807) is 0 Å². The lowest BCUT2D eigenvalue weighted by Gasteiger charge is -2.22. The molecule has 2 rings (SSSR count). The molecule has 1 aromatic heterocycles. The Morgan fingerprint density at radius 3 is 2.70 bits per heavy atom. The molecule has 2 N–H and O–H groups in total. The quantitative estimate of drug-likeness (QED) is 0.916. The molecule has 1 atom stereocenters. The minimum atomic E-state index is 0.100. The van der Waals surface area contributed by atoms with E-state index in [0.717, 1.165) is 16.5 Å². The second-order valence-electron chi connectivity index (χ2n) is 6.16. The average Bonchev–Trinajstić information content (AvgIpc) is 2.84. The van der Waals surface area contributed by atoms with Crippen LogP contribution in [0.5, 0.6) is 0 Å². The van der Waals surface area contributed by atoms with Gasteiger partial charge in [-0.05, 0) is 24.0 Å². The summed E-state index contributed by atoms with van der Waals surface area (Å²) in [6.45, 7) is 7.06. The van der Waals surface area contributed by atoms with Gasteiger partial charge in [-0.2, -0.15) is 4.98 Å². The molecule has 108 valence electrons. The fraction of sp³-hybridized carbons (Fsp3) is 0.467. The van der Waals surface area contributed by atoms with Gasteiger partial charge < -0.3 is 10.3 Å². The number of aromatic nitrogens is 2. The van der Waals surface area contributed by atoms with Gasteiger partial charge in [0.1, 0.15) is 0 Å². The molecule has 0 spiro atoms. The first-order valence-corrected chi connectivity index (χ1v) is 7.48. The summed E-state index contributed by atoms with van der Waals surface area (Å²) in [6, 6.07) is 7.84. The molecule has 2 aromatic rings. The van der Waals surface area contributed by atoms with Crippen LogP contribution in [0.25, 0.3) is 11.4 Å². The second-order valence-corrected chi connectivity index (χ2v) is 7.08. The number of nitrogens with zero attached hydrogens (tertiary/aromatic N) is 2. The molecule has 0 aliphatic carbocycles. The Bertz CT molecular complexity index is 574. The van der Waals surface area contributed by atoms with E-state index in [0.29, 0.717) is 18.3 Å². The highest BCUT2D eigenvalue weighted by molar-refractivity contribution is 9.10. The monoisotopic (exact) mass is 337 g/mol. The maximum Gasteiger partial charge on any atom is 0.231 e. The first-order valence-electron chi connectivity index (χ1n) is 6.68. The molecule has 1 heterocycles. The van der Waals surface area contributed by atoms with Crippen LogP contribution in [0.4, 0.5) is 0 Å². The van der Waals surface area contributed by atoms with Gasteiger partial charge in [0, 0.05) is 16.6 Å². The zero-order valence-corrected chi connectivity index (χ0v) is 13.6.